The number of aldehydes is 1. The number of nitrogens with zero attached hydrogens (tertiary/aromatic N) is 1. The van der Waals surface area contributed by atoms with Gasteiger partial charge in [-0.05, 0) is 24.6 Å². The summed E-state index contributed by atoms with van der Waals surface area (Å²) in [5, 5.41) is 0. The van der Waals surface area contributed by atoms with Crippen LogP contribution in [-0.4, -0.2) is 19.9 Å². The van der Waals surface area contributed by atoms with Crippen LogP contribution in [0.3, 0.4) is 0 Å². The van der Waals surface area contributed by atoms with E-state index in [9.17, 15) is 4.79 Å². The van der Waals surface area contributed by atoms with Gasteiger partial charge in [-0.1, -0.05) is 29.3 Å². The summed E-state index contributed by atoms with van der Waals surface area (Å²) in [6.45, 7) is 3.14. The first-order chi connectivity index (χ1) is 7.19. The Hall–Kier alpha value is -0.830. The van der Waals surface area contributed by atoms with E-state index in [0.717, 1.165) is 41.4 Å². The normalized spacial score (nSPS) is 10.1. The molecule has 2 nitrogen and oxygen atoms in total. The summed E-state index contributed by atoms with van der Waals surface area (Å²) in [6.07, 6.45) is 3.21. The fraction of sp³-hybridized carbons (Fsp3) is 0.417. The van der Waals surface area contributed by atoms with Gasteiger partial charge in [0.2, 0.25) is 0 Å². The molecular weight excluding hydrogens is 254 g/mol. The number of carbonyl (C=O) groups is 1. The Labute approximate surface area is 99.4 Å². The van der Waals surface area contributed by atoms with Crippen LogP contribution in [-0.2, 0) is 0 Å². The first-order valence-electron chi connectivity index (χ1n) is 5.15. The van der Waals surface area contributed by atoms with Crippen molar-refractivity contribution in [1.82, 2.24) is 0 Å². The highest BCUT2D eigenvalue weighted by Gasteiger charge is 2.06. The summed E-state index contributed by atoms with van der Waals surface area (Å²) in [6, 6.07) is 5.72. The summed E-state index contributed by atoms with van der Waals surface area (Å²) in [5.41, 5.74) is 1.74. The van der Waals surface area contributed by atoms with Crippen molar-refractivity contribution in [2.24, 2.45) is 0 Å². The summed E-state index contributed by atoms with van der Waals surface area (Å²) in [5.74, 6) is 0. The second kappa shape index (κ2) is 5.91. The second-order valence-electron chi connectivity index (χ2n) is 3.60. The van der Waals surface area contributed by atoms with Crippen molar-refractivity contribution in [2.75, 3.05) is 18.5 Å². The van der Waals surface area contributed by atoms with Gasteiger partial charge >= 0.3 is 0 Å². The Kier molecular flexibility index (Phi) is 4.82. The smallest absolute Gasteiger partial charge is 0.152 e. The largest absolute Gasteiger partial charge is 0.374 e. The van der Waals surface area contributed by atoms with Crippen LogP contribution >= 0.6 is 15.9 Å². The summed E-state index contributed by atoms with van der Waals surface area (Å²) in [7, 11) is 2.02. The van der Waals surface area contributed by atoms with Crippen molar-refractivity contribution in [3.63, 3.8) is 0 Å². The number of hydrogen-bond donors (Lipinski definition) is 0. The Morgan fingerprint density at radius 2 is 2.20 bits per heavy atom. The lowest BCUT2D eigenvalue weighted by molar-refractivity contribution is 0.112. The zero-order valence-electron chi connectivity index (χ0n) is 9.16. The van der Waals surface area contributed by atoms with E-state index in [4.69, 9.17) is 0 Å². The van der Waals surface area contributed by atoms with Crippen LogP contribution in [0.1, 0.15) is 30.1 Å². The van der Waals surface area contributed by atoms with E-state index in [1.165, 1.54) is 0 Å². The predicted octanol–water partition coefficient (Wildman–Crippen LogP) is 3.50. The number of hydrogen-bond acceptors (Lipinski definition) is 2. The number of rotatable bonds is 5. The highest BCUT2D eigenvalue weighted by Crippen LogP contribution is 2.23. The number of carbonyl (C=O) groups excluding carboxylic acids is 1. The fourth-order valence-electron chi connectivity index (χ4n) is 1.46. The summed E-state index contributed by atoms with van der Waals surface area (Å²) < 4.78 is 1.01. The highest BCUT2D eigenvalue weighted by molar-refractivity contribution is 9.10. The third-order valence-corrected chi connectivity index (χ3v) is 2.87. The monoisotopic (exact) mass is 269 g/mol. The fourth-order valence-corrected chi connectivity index (χ4v) is 1.81. The molecule has 1 rings (SSSR count). The van der Waals surface area contributed by atoms with Gasteiger partial charge < -0.3 is 4.90 Å². The molecule has 0 amide bonds. The van der Waals surface area contributed by atoms with Crippen molar-refractivity contribution in [2.45, 2.75) is 19.8 Å². The highest BCUT2D eigenvalue weighted by atomic mass is 79.9. The molecule has 15 heavy (non-hydrogen) atoms. The SMILES string of the molecule is CCCCN(C)c1cc(Br)ccc1C=O. The molecule has 0 aliphatic carbocycles. The van der Waals surface area contributed by atoms with Gasteiger partial charge in [0.1, 0.15) is 0 Å². The van der Waals surface area contributed by atoms with Gasteiger partial charge in [0.25, 0.3) is 0 Å². The quantitative estimate of drug-likeness (QED) is 0.763. The molecule has 1 aromatic carbocycles. The van der Waals surface area contributed by atoms with Crippen molar-refractivity contribution in [3.8, 4) is 0 Å². The molecule has 3 heteroatoms. The molecule has 0 unspecified atom stereocenters. The number of anilines is 1. The van der Waals surface area contributed by atoms with Crippen molar-refractivity contribution >= 4 is 27.9 Å². The lowest BCUT2D eigenvalue weighted by Crippen LogP contribution is -2.19. The van der Waals surface area contributed by atoms with E-state index in [0.29, 0.717) is 0 Å². The minimum Gasteiger partial charge on any atom is -0.374 e. The van der Waals surface area contributed by atoms with Crippen molar-refractivity contribution < 1.29 is 4.79 Å². The lowest BCUT2D eigenvalue weighted by atomic mass is 10.1. The van der Waals surface area contributed by atoms with E-state index in [-0.39, 0.29) is 0 Å². The minimum absolute atomic E-state index is 0.747. The molecule has 0 atom stereocenters. The Morgan fingerprint density at radius 3 is 2.80 bits per heavy atom. The minimum atomic E-state index is 0.747. The summed E-state index contributed by atoms with van der Waals surface area (Å²) >= 11 is 3.42. The zero-order valence-corrected chi connectivity index (χ0v) is 10.8. The first kappa shape index (κ1) is 12.2. The second-order valence-corrected chi connectivity index (χ2v) is 4.51. The number of benzene rings is 1. The van der Waals surface area contributed by atoms with Gasteiger partial charge in [0.05, 0.1) is 0 Å². The molecule has 0 fully saturated rings. The molecule has 0 spiro atoms. The standard InChI is InChI=1S/C12H16BrNO/c1-3-4-7-14(2)12-8-11(13)6-5-10(12)9-15/h5-6,8-9H,3-4,7H2,1-2H3. The van der Waals surface area contributed by atoms with Crippen LogP contribution < -0.4 is 4.90 Å². The maximum Gasteiger partial charge on any atom is 0.152 e. The molecule has 1 aromatic rings. The molecule has 0 saturated carbocycles. The van der Waals surface area contributed by atoms with E-state index >= 15 is 0 Å². The molecule has 0 aromatic heterocycles. The molecule has 0 heterocycles. The van der Waals surface area contributed by atoms with Gasteiger partial charge in [-0.15, -0.1) is 0 Å². The van der Waals surface area contributed by atoms with E-state index in [1.54, 1.807) is 0 Å². The molecule has 0 aliphatic rings. The van der Waals surface area contributed by atoms with Crippen LogP contribution in [0, 0.1) is 0 Å². The zero-order chi connectivity index (χ0) is 11.3. The van der Waals surface area contributed by atoms with Crippen LogP contribution in [0.25, 0.3) is 0 Å². The van der Waals surface area contributed by atoms with Gasteiger partial charge in [0.15, 0.2) is 6.29 Å². The average molecular weight is 270 g/mol. The van der Waals surface area contributed by atoms with Crippen LogP contribution in [0.4, 0.5) is 5.69 Å². The molecular formula is C12H16BrNO. The predicted molar refractivity (Wildman–Crippen MR) is 67.7 cm³/mol. The first-order valence-corrected chi connectivity index (χ1v) is 5.94. The Morgan fingerprint density at radius 1 is 1.47 bits per heavy atom. The molecule has 0 N–H and O–H groups in total. The summed E-state index contributed by atoms with van der Waals surface area (Å²) in [4.78, 5) is 13.0. The van der Waals surface area contributed by atoms with Gasteiger partial charge in [-0.3, -0.25) is 4.79 Å². The number of halogens is 1. The molecule has 82 valence electrons. The van der Waals surface area contributed by atoms with Crippen LogP contribution in [0.5, 0.6) is 0 Å². The van der Waals surface area contributed by atoms with Gasteiger partial charge in [0, 0.05) is 29.3 Å². The Bertz CT molecular complexity index is 338. The third kappa shape index (κ3) is 3.34. The van der Waals surface area contributed by atoms with E-state index in [2.05, 4.69) is 27.8 Å². The molecule has 0 radical (unpaired) electrons. The van der Waals surface area contributed by atoms with Crippen molar-refractivity contribution in [1.29, 1.82) is 0 Å². The van der Waals surface area contributed by atoms with E-state index in [1.807, 2.05) is 25.2 Å². The average Bonchev–Trinajstić information content (AvgIpc) is 2.25. The van der Waals surface area contributed by atoms with E-state index < -0.39 is 0 Å². The third-order valence-electron chi connectivity index (χ3n) is 2.38. The van der Waals surface area contributed by atoms with Gasteiger partial charge in [-0.25, -0.2) is 0 Å². The maximum atomic E-state index is 10.9. The van der Waals surface area contributed by atoms with Gasteiger partial charge in [-0.2, -0.15) is 0 Å². The lowest BCUT2D eigenvalue weighted by Gasteiger charge is -2.20. The Balaban J connectivity index is 2.89. The molecule has 0 bridgehead atoms. The maximum absolute atomic E-state index is 10.9. The topological polar surface area (TPSA) is 20.3 Å². The molecule has 0 aliphatic heterocycles. The molecule has 0 saturated heterocycles. The van der Waals surface area contributed by atoms with Crippen LogP contribution in [0.15, 0.2) is 22.7 Å². The van der Waals surface area contributed by atoms with Crippen LogP contribution in [0.2, 0.25) is 0 Å². The van der Waals surface area contributed by atoms with Crippen molar-refractivity contribution in [3.05, 3.63) is 28.2 Å². The number of unbranched alkanes of at least 4 members (excludes halogenated alkanes) is 1.